The van der Waals surface area contributed by atoms with Gasteiger partial charge in [-0.2, -0.15) is 0 Å². The van der Waals surface area contributed by atoms with E-state index in [0.29, 0.717) is 0 Å². The number of carbonyl (C=O) groups is 1. The molecular weight excluding hydrogens is 717 g/mol. The summed E-state index contributed by atoms with van der Waals surface area (Å²) in [5.41, 5.74) is 3.53. The molecule has 0 spiro atoms. The van der Waals surface area contributed by atoms with Crippen molar-refractivity contribution in [1.29, 1.82) is 0 Å². The van der Waals surface area contributed by atoms with Crippen LogP contribution >= 0.6 is 11.3 Å². The summed E-state index contributed by atoms with van der Waals surface area (Å²) in [5, 5.41) is 17.1. The number of carbonyl (C=O) groups excluding carboxylic acids is 1. The van der Waals surface area contributed by atoms with Crippen LogP contribution in [-0.4, -0.2) is 20.3 Å². The Morgan fingerprint density at radius 3 is 2.36 bits per heavy atom. The summed E-state index contributed by atoms with van der Waals surface area (Å²) in [4.78, 5) is 17.7. The molecule has 1 radical (unpaired) electrons. The Balaban J connectivity index is 0.000000221. The van der Waals surface area contributed by atoms with Gasteiger partial charge in [0.1, 0.15) is 0 Å². The van der Waals surface area contributed by atoms with Gasteiger partial charge >= 0.3 is 0 Å². The van der Waals surface area contributed by atoms with Gasteiger partial charge in [-0.3, -0.25) is 9.78 Å². The molecule has 0 aliphatic rings. The summed E-state index contributed by atoms with van der Waals surface area (Å²) in [7, 11) is 0. The average molecular weight is 756 g/mol. The third-order valence-corrected chi connectivity index (χ3v) is 9.48. The summed E-state index contributed by atoms with van der Waals surface area (Å²) >= 11 is 1.85. The number of fused-ring (bicyclic) bond motifs is 9. The zero-order chi connectivity index (χ0) is 29.3. The molecule has 4 nitrogen and oxygen atoms in total. The van der Waals surface area contributed by atoms with Crippen molar-refractivity contribution in [2.75, 3.05) is 0 Å². The first kappa shape index (κ1) is 31.9. The topological polar surface area (TPSA) is 54.6 Å². The summed E-state index contributed by atoms with van der Waals surface area (Å²) in [6.07, 6.45) is 8.87. The first-order valence-corrected chi connectivity index (χ1v) is 15.6. The molecule has 0 amide bonds. The van der Waals surface area contributed by atoms with Crippen LogP contribution in [0.25, 0.3) is 48.2 Å². The van der Waals surface area contributed by atoms with Gasteiger partial charge in [0, 0.05) is 70.9 Å². The maximum Gasteiger partial charge on any atom is 0.162 e. The van der Waals surface area contributed by atoms with Gasteiger partial charge in [0.05, 0.1) is 11.4 Å². The Kier molecular flexibility index (Phi) is 10.2. The number of aromatic nitrogens is 2. The van der Waals surface area contributed by atoms with Crippen LogP contribution in [0.15, 0.2) is 66.7 Å². The van der Waals surface area contributed by atoms with Crippen LogP contribution in [0.5, 0.6) is 0 Å². The number of allylic oxidation sites excluding steroid dienone is 2. The van der Waals surface area contributed by atoms with E-state index in [9.17, 15) is 9.90 Å². The normalized spacial score (nSPS) is 12.0. The van der Waals surface area contributed by atoms with Gasteiger partial charge in [0.15, 0.2) is 5.78 Å². The molecule has 6 rings (SSSR count). The molecule has 0 bridgehead atoms. The molecule has 221 valence electrons. The minimum absolute atomic E-state index is 0. The van der Waals surface area contributed by atoms with Crippen LogP contribution in [0.4, 0.5) is 0 Å². The zero-order valence-corrected chi connectivity index (χ0v) is 28.5. The van der Waals surface area contributed by atoms with Gasteiger partial charge < -0.3 is 9.51 Å². The number of pyridine rings is 1. The number of benzene rings is 3. The van der Waals surface area contributed by atoms with E-state index in [0.717, 1.165) is 42.1 Å². The largest absolute Gasteiger partial charge is 0.512 e. The van der Waals surface area contributed by atoms with Crippen molar-refractivity contribution in [2.45, 2.75) is 67.2 Å². The van der Waals surface area contributed by atoms with Crippen molar-refractivity contribution in [3.63, 3.8) is 0 Å². The van der Waals surface area contributed by atoms with Gasteiger partial charge in [0.2, 0.25) is 0 Å². The monoisotopic (exact) mass is 756 g/mol. The predicted octanol–water partition coefficient (Wildman–Crippen LogP) is 10.3. The van der Waals surface area contributed by atoms with Crippen molar-refractivity contribution in [3.8, 4) is 0 Å². The number of imidazole rings is 1. The molecule has 3 aromatic heterocycles. The summed E-state index contributed by atoms with van der Waals surface area (Å²) in [6.45, 7) is 12.5. The van der Waals surface area contributed by atoms with Gasteiger partial charge in [-0.15, -0.1) is 34.4 Å². The van der Waals surface area contributed by atoms with E-state index < -0.39 is 0 Å². The van der Waals surface area contributed by atoms with Crippen molar-refractivity contribution in [2.24, 2.45) is 11.8 Å². The fourth-order valence-electron chi connectivity index (χ4n) is 6.08. The smallest absolute Gasteiger partial charge is 0.162 e. The summed E-state index contributed by atoms with van der Waals surface area (Å²) in [5.74, 6) is 0.547. The molecule has 0 fully saturated rings. The molecule has 0 saturated carbocycles. The Morgan fingerprint density at radius 2 is 1.67 bits per heavy atom. The van der Waals surface area contributed by atoms with E-state index in [-0.39, 0.29) is 43.5 Å². The Hall–Kier alpha value is -3.05. The van der Waals surface area contributed by atoms with Crippen molar-refractivity contribution in [1.82, 2.24) is 9.38 Å². The molecule has 42 heavy (non-hydrogen) atoms. The first-order chi connectivity index (χ1) is 19.8. The van der Waals surface area contributed by atoms with Gasteiger partial charge in [-0.05, 0) is 50.1 Å². The summed E-state index contributed by atoms with van der Waals surface area (Å²) in [6, 6.07) is 19.0. The second-order valence-electron chi connectivity index (χ2n) is 10.9. The number of thiophene rings is 1. The first-order valence-electron chi connectivity index (χ1n) is 14.8. The molecule has 1 N–H and O–H groups in total. The maximum atomic E-state index is 11.7. The Bertz CT molecular complexity index is 1910. The fraction of sp³-hybridized carbons (Fsp3) is 0.333. The number of aliphatic hydroxyl groups is 1. The second-order valence-corrected chi connectivity index (χ2v) is 12.2. The van der Waals surface area contributed by atoms with Crippen molar-refractivity contribution in [3.05, 3.63) is 83.2 Å². The molecule has 3 aromatic carbocycles. The number of hydrogen-bond acceptors (Lipinski definition) is 4. The van der Waals surface area contributed by atoms with Crippen LogP contribution in [0.2, 0.25) is 0 Å². The maximum absolute atomic E-state index is 11.7. The van der Waals surface area contributed by atoms with Crippen LogP contribution in [-0.2, 0) is 24.9 Å². The van der Waals surface area contributed by atoms with Crippen LogP contribution in [0.3, 0.4) is 0 Å². The molecule has 0 atom stereocenters. The Labute approximate surface area is 265 Å². The molecule has 6 heteroatoms. The van der Waals surface area contributed by atoms with E-state index in [4.69, 9.17) is 4.98 Å². The number of rotatable bonds is 7. The number of nitrogens with zero attached hydrogens (tertiary/aromatic N) is 2. The minimum atomic E-state index is 0. The molecule has 6 aromatic rings. The average Bonchev–Trinajstić information content (AvgIpc) is 3.61. The minimum Gasteiger partial charge on any atom is -0.512 e. The third kappa shape index (κ3) is 5.77. The molecule has 0 aliphatic carbocycles. The van der Waals surface area contributed by atoms with Crippen molar-refractivity contribution < 1.29 is 30.0 Å². The van der Waals surface area contributed by atoms with Crippen molar-refractivity contribution >= 4 is 65.3 Å². The van der Waals surface area contributed by atoms with Crippen LogP contribution in [0.1, 0.15) is 63.8 Å². The fourth-order valence-corrected chi connectivity index (χ4v) is 7.00. The van der Waals surface area contributed by atoms with E-state index in [1.165, 1.54) is 48.3 Å². The van der Waals surface area contributed by atoms with Crippen LogP contribution in [0, 0.1) is 31.7 Å². The van der Waals surface area contributed by atoms with E-state index in [1.807, 2.05) is 45.2 Å². The van der Waals surface area contributed by atoms with Crippen LogP contribution < -0.4 is 0 Å². The number of hydrogen-bond donors (Lipinski definition) is 1. The molecule has 0 saturated heterocycles. The summed E-state index contributed by atoms with van der Waals surface area (Å²) < 4.78 is 3.56. The zero-order valence-electron chi connectivity index (χ0n) is 25.2. The molecule has 3 heterocycles. The van der Waals surface area contributed by atoms with Gasteiger partial charge in [-0.25, -0.2) is 0 Å². The standard InChI is InChI=1S/C23H15N2S.C13H24O2.Ir/c1-13-11-18-20(26-13)8-7-17-21-14(2)16-6-4-3-5-15(16)12-19(21)23-24-9-10-25(23)22(17)18;1-5-10(6-2)12(14)9-13(15)11(7-3)8-4;/h3-11H,1-2H3;9-11,14H,5-8H2,1-4H3;/q-1;;/b;12-9-;. The van der Waals surface area contributed by atoms with E-state index >= 15 is 0 Å². The van der Waals surface area contributed by atoms with Gasteiger partial charge in [-0.1, -0.05) is 75.0 Å². The molecule has 0 aliphatic heterocycles. The second kappa shape index (κ2) is 13.5. The quantitative estimate of drug-likeness (QED) is 0.0581. The number of aryl methyl sites for hydroxylation is 2. The SMILES string of the molecule is CCC(CC)C(=O)/C=C(\O)C(CC)CC.Cc1cc2c(ccc3c4c(C)c5ccccc5[c-]c4c4nccn4c23)s1.[Ir]. The van der Waals surface area contributed by atoms with Gasteiger partial charge in [0.25, 0.3) is 0 Å². The van der Waals surface area contributed by atoms with E-state index in [1.54, 1.807) is 0 Å². The molecular formula is C36H39IrN2O2S-. The number of ketones is 1. The molecule has 0 unspecified atom stereocenters. The number of aliphatic hydroxyl groups excluding tert-OH is 1. The Morgan fingerprint density at radius 1 is 0.976 bits per heavy atom. The predicted molar refractivity (Wildman–Crippen MR) is 175 cm³/mol. The third-order valence-electron chi connectivity index (χ3n) is 8.47. The van der Waals surface area contributed by atoms with E-state index in [2.05, 4.69) is 73.0 Å².